The molecule has 1 N–H and O–H groups in total. The topological polar surface area (TPSA) is 47.1 Å². The summed E-state index contributed by atoms with van der Waals surface area (Å²) >= 11 is 4.92. The van der Waals surface area contributed by atoms with Crippen LogP contribution in [0.25, 0.3) is 11.3 Å². The zero-order valence-corrected chi connectivity index (χ0v) is 12.1. The zero-order chi connectivity index (χ0) is 14.5. The second kappa shape index (κ2) is 6.47. The average molecular weight is 294 g/mol. The first kappa shape index (κ1) is 14.5. The van der Waals surface area contributed by atoms with Crippen LogP contribution < -0.4 is 9.47 Å². The summed E-state index contributed by atoms with van der Waals surface area (Å²) in [4.78, 5) is 6.44. The van der Waals surface area contributed by atoms with Gasteiger partial charge in [0.25, 0.3) is 0 Å². The SMILES string of the molecule is CCOc1ccc(-c2[nH]c(=S)ncc2F)cc1OCC. The largest absolute Gasteiger partial charge is 0.490 e. The average Bonchev–Trinajstić information content (AvgIpc) is 2.44. The molecule has 6 heteroatoms. The van der Waals surface area contributed by atoms with Gasteiger partial charge in [-0.2, -0.15) is 0 Å². The number of hydrogen-bond donors (Lipinski definition) is 1. The lowest BCUT2D eigenvalue weighted by Gasteiger charge is -2.12. The number of aromatic nitrogens is 2. The third-order valence-electron chi connectivity index (χ3n) is 2.60. The molecule has 0 bridgehead atoms. The molecule has 0 aliphatic heterocycles. The summed E-state index contributed by atoms with van der Waals surface area (Å²) in [6.07, 6.45) is 1.10. The van der Waals surface area contributed by atoms with Gasteiger partial charge in [0.2, 0.25) is 0 Å². The number of benzene rings is 1. The molecule has 106 valence electrons. The third kappa shape index (κ3) is 3.14. The quantitative estimate of drug-likeness (QED) is 0.853. The lowest BCUT2D eigenvalue weighted by molar-refractivity contribution is 0.288. The smallest absolute Gasteiger partial charge is 0.197 e. The number of aromatic amines is 1. The molecule has 0 unspecified atom stereocenters. The van der Waals surface area contributed by atoms with Gasteiger partial charge in [-0.15, -0.1) is 0 Å². The zero-order valence-electron chi connectivity index (χ0n) is 11.3. The molecule has 0 aliphatic rings. The van der Waals surface area contributed by atoms with Crippen LogP contribution in [0.3, 0.4) is 0 Å². The number of ether oxygens (including phenoxy) is 2. The molecule has 1 aromatic carbocycles. The van der Waals surface area contributed by atoms with Crippen molar-refractivity contribution < 1.29 is 13.9 Å². The minimum absolute atomic E-state index is 0.230. The Morgan fingerprint density at radius 3 is 2.60 bits per heavy atom. The van der Waals surface area contributed by atoms with Gasteiger partial charge in [-0.1, -0.05) is 0 Å². The van der Waals surface area contributed by atoms with Gasteiger partial charge in [0.15, 0.2) is 22.1 Å². The molecule has 0 amide bonds. The van der Waals surface area contributed by atoms with Crippen molar-refractivity contribution in [3.8, 4) is 22.8 Å². The van der Waals surface area contributed by atoms with Gasteiger partial charge in [-0.05, 0) is 44.3 Å². The standard InChI is InChI=1S/C14H15FN2O2S/c1-3-18-11-6-5-9(7-12(11)19-4-2)13-10(15)8-16-14(20)17-13/h5-8H,3-4H2,1-2H3,(H,16,17,20). The fraction of sp³-hybridized carbons (Fsp3) is 0.286. The van der Waals surface area contributed by atoms with Crippen molar-refractivity contribution in [1.82, 2.24) is 9.97 Å². The van der Waals surface area contributed by atoms with Gasteiger partial charge in [-0.3, -0.25) is 0 Å². The van der Waals surface area contributed by atoms with E-state index < -0.39 is 5.82 Å². The molecule has 4 nitrogen and oxygen atoms in total. The van der Waals surface area contributed by atoms with E-state index in [9.17, 15) is 4.39 Å². The maximum atomic E-state index is 13.8. The second-order valence-corrected chi connectivity index (χ2v) is 4.33. The van der Waals surface area contributed by atoms with Gasteiger partial charge in [0.1, 0.15) is 0 Å². The van der Waals surface area contributed by atoms with Crippen molar-refractivity contribution >= 4 is 12.2 Å². The van der Waals surface area contributed by atoms with Crippen LogP contribution in [0.15, 0.2) is 24.4 Å². The summed E-state index contributed by atoms with van der Waals surface area (Å²) in [6.45, 7) is 4.80. The Morgan fingerprint density at radius 1 is 1.20 bits per heavy atom. The van der Waals surface area contributed by atoms with Crippen LogP contribution in [0.5, 0.6) is 11.5 Å². The van der Waals surface area contributed by atoms with Gasteiger partial charge in [0, 0.05) is 5.56 Å². The Kier molecular flexibility index (Phi) is 4.68. The first-order valence-electron chi connectivity index (χ1n) is 6.30. The highest BCUT2D eigenvalue weighted by Crippen LogP contribution is 2.32. The Hall–Kier alpha value is -1.95. The number of nitrogens with one attached hydrogen (secondary N) is 1. The maximum Gasteiger partial charge on any atom is 0.197 e. The molecule has 2 rings (SSSR count). The van der Waals surface area contributed by atoms with E-state index in [1.165, 1.54) is 0 Å². The minimum atomic E-state index is -0.467. The molecular formula is C14H15FN2O2S. The van der Waals surface area contributed by atoms with Gasteiger partial charge in [-0.25, -0.2) is 9.37 Å². The molecule has 0 atom stereocenters. The van der Waals surface area contributed by atoms with E-state index in [0.717, 1.165) is 6.20 Å². The summed E-state index contributed by atoms with van der Waals surface area (Å²) in [6, 6.07) is 5.22. The molecule has 0 radical (unpaired) electrons. The third-order valence-corrected chi connectivity index (χ3v) is 2.81. The molecule has 0 fully saturated rings. The fourth-order valence-electron chi connectivity index (χ4n) is 1.80. The van der Waals surface area contributed by atoms with E-state index in [1.807, 2.05) is 13.8 Å². The van der Waals surface area contributed by atoms with Crippen LogP contribution in [-0.4, -0.2) is 23.2 Å². The summed E-state index contributed by atoms with van der Waals surface area (Å²) in [7, 11) is 0. The Balaban J connectivity index is 2.49. The lowest BCUT2D eigenvalue weighted by atomic mass is 10.1. The molecule has 0 saturated carbocycles. The molecular weight excluding hydrogens is 279 g/mol. The number of nitrogens with zero attached hydrogens (tertiary/aromatic N) is 1. The van der Waals surface area contributed by atoms with Crippen LogP contribution in [0.2, 0.25) is 0 Å². The highest BCUT2D eigenvalue weighted by atomic mass is 32.1. The number of H-pyrrole nitrogens is 1. The highest BCUT2D eigenvalue weighted by Gasteiger charge is 2.11. The normalized spacial score (nSPS) is 10.3. The Morgan fingerprint density at radius 2 is 1.90 bits per heavy atom. The molecule has 0 spiro atoms. The van der Waals surface area contributed by atoms with Crippen molar-refractivity contribution in [1.29, 1.82) is 0 Å². The summed E-state index contributed by atoms with van der Waals surface area (Å²) in [5.41, 5.74) is 0.914. The van der Waals surface area contributed by atoms with Crippen LogP contribution in [0.1, 0.15) is 13.8 Å². The first-order chi connectivity index (χ1) is 9.65. The summed E-state index contributed by atoms with van der Waals surface area (Å²) in [5, 5.41) is 0. The van der Waals surface area contributed by atoms with E-state index in [1.54, 1.807) is 18.2 Å². The summed E-state index contributed by atoms with van der Waals surface area (Å²) < 4.78 is 25.0. The summed E-state index contributed by atoms with van der Waals surface area (Å²) in [5.74, 6) is 0.735. The highest BCUT2D eigenvalue weighted by molar-refractivity contribution is 7.71. The van der Waals surface area contributed by atoms with Crippen LogP contribution >= 0.6 is 12.2 Å². The van der Waals surface area contributed by atoms with E-state index in [-0.39, 0.29) is 10.5 Å². The van der Waals surface area contributed by atoms with Crippen molar-refractivity contribution in [2.45, 2.75) is 13.8 Å². The molecule has 1 heterocycles. The van der Waals surface area contributed by atoms with E-state index in [0.29, 0.717) is 30.3 Å². The predicted octanol–water partition coefficient (Wildman–Crippen LogP) is 3.74. The van der Waals surface area contributed by atoms with E-state index in [2.05, 4.69) is 9.97 Å². The minimum Gasteiger partial charge on any atom is -0.490 e. The molecule has 20 heavy (non-hydrogen) atoms. The van der Waals surface area contributed by atoms with Crippen molar-refractivity contribution in [2.75, 3.05) is 13.2 Å². The Labute approximate surface area is 121 Å². The van der Waals surface area contributed by atoms with E-state index >= 15 is 0 Å². The molecule has 0 aliphatic carbocycles. The molecule has 2 aromatic rings. The van der Waals surface area contributed by atoms with Gasteiger partial charge in [0.05, 0.1) is 25.1 Å². The monoisotopic (exact) mass is 294 g/mol. The van der Waals surface area contributed by atoms with E-state index in [4.69, 9.17) is 21.7 Å². The van der Waals surface area contributed by atoms with Crippen molar-refractivity contribution in [2.24, 2.45) is 0 Å². The fourth-order valence-corrected chi connectivity index (χ4v) is 1.95. The molecule has 0 saturated heterocycles. The second-order valence-electron chi connectivity index (χ2n) is 3.94. The van der Waals surface area contributed by atoms with Crippen LogP contribution in [-0.2, 0) is 0 Å². The number of halogens is 1. The first-order valence-corrected chi connectivity index (χ1v) is 6.71. The Bertz CT molecular complexity index is 658. The predicted molar refractivity (Wildman–Crippen MR) is 77.2 cm³/mol. The van der Waals surface area contributed by atoms with Gasteiger partial charge < -0.3 is 14.5 Å². The van der Waals surface area contributed by atoms with Gasteiger partial charge >= 0.3 is 0 Å². The van der Waals surface area contributed by atoms with Crippen LogP contribution in [0.4, 0.5) is 4.39 Å². The van der Waals surface area contributed by atoms with Crippen LogP contribution in [0, 0.1) is 10.6 Å². The van der Waals surface area contributed by atoms with Crippen molar-refractivity contribution in [3.05, 3.63) is 35.0 Å². The number of hydrogen-bond acceptors (Lipinski definition) is 4. The lowest BCUT2D eigenvalue weighted by Crippen LogP contribution is -1.99. The number of rotatable bonds is 5. The van der Waals surface area contributed by atoms with Crippen molar-refractivity contribution in [3.63, 3.8) is 0 Å². The maximum absolute atomic E-state index is 13.8. The molecule has 1 aromatic heterocycles.